The maximum absolute atomic E-state index is 12.1. The van der Waals surface area contributed by atoms with Gasteiger partial charge in [-0.3, -0.25) is 9.00 Å². The SMILES string of the molecule is O=C(NCC[S@@](=O)c1ccccc1)c1ccc(N2CCCC2)nc1. The van der Waals surface area contributed by atoms with Gasteiger partial charge in [-0.1, -0.05) is 18.2 Å². The molecular formula is C18H21N3O2S. The van der Waals surface area contributed by atoms with Crippen LogP contribution >= 0.6 is 0 Å². The van der Waals surface area contributed by atoms with E-state index in [2.05, 4.69) is 15.2 Å². The summed E-state index contributed by atoms with van der Waals surface area (Å²) in [6.07, 6.45) is 4.00. The lowest BCUT2D eigenvalue weighted by Crippen LogP contribution is -2.28. The van der Waals surface area contributed by atoms with Crippen LogP contribution in [0.2, 0.25) is 0 Å². The normalized spacial score (nSPS) is 15.2. The van der Waals surface area contributed by atoms with Gasteiger partial charge in [-0.15, -0.1) is 0 Å². The van der Waals surface area contributed by atoms with Gasteiger partial charge in [0.15, 0.2) is 0 Å². The number of rotatable bonds is 6. The van der Waals surface area contributed by atoms with Gasteiger partial charge in [0.25, 0.3) is 5.91 Å². The topological polar surface area (TPSA) is 62.3 Å². The largest absolute Gasteiger partial charge is 0.357 e. The summed E-state index contributed by atoms with van der Waals surface area (Å²) in [5.41, 5.74) is 0.531. The van der Waals surface area contributed by atoms with E-state index in [1.54, 1.807) is 12.3 Å². The Balaban J connectivity index is 1.49. The Morgan fingerprint density at radius 1 is 1.12 bits per heavy atom. The van der Waals surface area contributed by atoms with E-state index < -0.39 is 10.8 Å². The Morgan fingerprint density at radius 3 is 2.54 bits per heavy atom. The van der Waals surface area contributed by atoms with Gasteiger partial charge in [-0.05, 0) is 37.1 Å². The highest BCUT2D eigenvalue weighted by atomic mass is 32.2. The van der Waals surface area contributed by atoms with Crippen LogP contribution in [0, 0.1) is 0 Å². The maximum atomic E-state index is 12.1. The molecule has 126 valence electrons. The zero-order valence-corrected chi connectivity index (χ0v) is 14.3. The third kappa shape index (κ3) is 4.20. The second-order valence-electron chi connectivity index (χ2n) is 5.72. The highest BCUT2D eigenvalue weighted by Gasteiger charge is 2.14. The van der Waals surface area contributed by atoms with Crippen LogP contribution in [0.1, 0.15) is 23.2 Å². The molecule has 0 radical (unpaired) electrons. The molecule has 5 nitrogen and oxygen atoms in total. The fourth-order valence-corrected chi connectivity index (χ4v) is 3.69. The lowest BCUT2D eigenvalue weighted by molar-refractivity contribution is 0.0956. The number of hydrogen-bond acceptors (Lipinski definition) is 4. The molecule has 1 aliphatic rings. The summed E-state index contributed by atoms with van der Waals surface area (Å²) in [7, 11) is -1.10. The van der Waals surface area contributed by atoms with Crippen molar-refractivity contribution in [2.45, 2.75) is 17.7 Å². The van der Waals surface area contributed by atoms with E-state index in [1.807, 2.05) is 36.4 Å². The summed E-state index contributed by atoms with van der Waals surface area (Å²) in [6, 6.07) is 13.0. The number of benzene rings is 1. The number of amides is 1. The maximum Gasteiger partial charge on any atom is 0.252 e. The monoisotopic (exact) mass is 343 g/mol. The van der Waals surface area contributed by atoms with Crippen LogP contribution in [0.5, 0.6) is 0 Å². The number of nitrogens with one attached hydrogen (secondary N) is 1. The molecule has 0 saturated carbocycles. The van der Waals surface area contributed by atoms with Crippen molar-refractivity contribution in [3.63, 3.8) is 0 Å². The summed E-state index contributed by atoms with van der Waals surface area (Å²) >= 11 is 0. The number of aromatic nitrogens is 1. The molecule has 0 bridgehead atoms. The Bertz CT molecular complexity index is 698. The van der Waals surface area contributed by atoms with E-state index in [9.17, 15) is 9.00 Å². The number of hydrogen-bond donors (Lipinski definition) is 1. The number of carbonyl (C=O) groups excluding carboxylic acids is 1. The van der Waals surface area contributed by atoms with Crippen LogP contribution in [-0.2, 0) is 10.8 Å². The summed E-state index contributed by atoms with van der Waals surface area (Å²) in [5.74, 6) is 1.14. The molecule has 0 unspecified atom stereocenters. The van der Waals surface area contributed by atoms with Crippen LogP contribution in [0.15, 0.2) is 53.6 Å². The molecule has 6 heteroatoms. The third-order valence-corrected chi connectivity index (χ3v) is 5.39. The molecule has 1 saturated heterocycles. The second kappa shape index (κ2) is 8.06. The van der Waals surface area contributed by atoms with Crippen LogP contribution in [0.4, 0.5) is 5.82 Å². The molecule has 2 heterocycles. The molecular weight excluding hydrogens is 322 g/mol. The third-order valence-electron chi connectivity index (χ3n) is 4.02. The Kier molecular flexibility index (Phi) is 5.59. The van der Waals surface area contributed by atoms with E-state index in [1.165, 1.54) is 12.8 Å². The van der Waals surface area contributed by atoms with E-state index in [4.69, 9.17) is 0 Å². The minimum Gasteiger partial charge on any atom is -0.357 e. The van der Waals surface area contributed by atoms with Crippen molar-refractivity contribution in [1.29, 1.82) is 0 Å². The molecule has 1 N–H and O–H groups in total. The molecule has 1 amide bonds. The molecule has 3 rings (SSSR count). The molecule has 24 heavy (non-hydrogen) atoms. The predicted octanol–water partition coefficient (Wildman–Crippen LogP) is 2.22. The number of pyridine rings is 1. The fourth-order valence-electron chi connectivity index (χ4n) is 2.70. The van der Waals surface area contributed by atoms with E-state index in [0.717, 1.165) is 23.8 Å². The first-order valence-electron chi connectivity index (χ1n) is 8.17. The minimum atomic E-state index is -1.10. The van der Waals surface area contributed by atoms with Crippen LogP contribution in [0.25, 0.3) is 0 Å². The lowest BCUT2D eigenvalue weighted by Gasteiger charge is -2.16. The zero-order valence-electron chi connectivity index (χ0n) is 13.5. The molecule has 1 atom stereocenters. The Morgan fingerprint density at radius 2 is 1.88 bits per heavy atom. The first-order valence-corrected chi connectivity index (χ1v) is 9.48. The standard InChI is InChI=1S/C18H21N3O2S/c22-18(19-10-13-24(23)16-6-2-1-3-7-16)15-8-9-17(20-14-15)21-11-4-5-12-21/h1-3,6-9,14H,4-5,10-13H2,(H,19,22)/t24-/m1/s1. The van der Waals surface area contributed by atoms with Gasteiger partial charge in [-0.2, -0.15) is 0 Å². The summed E-state index contributed by atoms with van der Waals surface area (Å²) in [6.45, 7) is 2.43. The molecule has 1 aromatic carbocycles. The zero-order chi connectivity index (χ0) is 16.8. The predicted molar refractivity (Wildman–Crippen MR) is 95.7 cm³/mol. The van der Waals surface area contributed by atoms with Gasteiger partial charge in [-0.25, -0.2) is 4.98 Å². The summed E-state index contributed by atoms with van der Waals surface area (Å²) in [4.78, 5) is 19.5. The van der Waals surface area contributed by atoms with Gasteiger partial charge < -0.3 is 10.2 Å². The highest BCUT2D eigenvalue weighted by molar-refractivity contribution is 7.85. The summed E-state index contributed by atoms with van der Waals surface area (Å²) in [5, 5.41) is 2.80. The van der Waals surface area contributed by atoms with Crippen molar-refractivity contribution in [3.8, 4) is 0 Å². The lowest BCUT2D eigenvalue weighted by atomic mass is 10.2. The molecule has 1 aromatic heterocycles. The van der Waals surface area contributed by atoms with E-state index in [0.29, 0.717) is 17.9 Å². The first kappa shape index (κ1) is 16.6. The number of carbonyl (C=O) groups is 1. The van der Waals surface area contributed by atoms with Gasteiger partial charge in [0.1, 0.15) is 5.82 Å². The van der Waals surface area contributed by atoms with E-state index >= 15 is 0 Å². The molecule has 0 aliphatic carbocycles. The number of anilines is 1. The van der Waals surface area contributed by atoms with Crippen molar-refractivity contribution in [1.82, 2.24) is 10.3 Å². The summed E-state index contributed by atoms with van der Waals surface area (Å²) < 4.78 is 12.1. The Hall–Kier alpha value is -2.21. The molecule has 1 aliphatic heterocycles. The van der Waals surface area contributed by atoms with Gasteiger partial charge in [0.05, 0.1) is 16.4 Å². The van der Waals surface area contributed by atoms with Crippen LogP contribution in [-0.4, -0.2) is 40.5 Å². The van der Waals surface area contributed by atoms with Crippen molar-refractivity contribution < 1.29 is 9.00 Å². The van der Waals surface area contributed by atoms with E-state index in [-0.39, 0.29) is 5.91 Å². The average molecular weight is 343 g/mol. The average Bonchev–Trinajstić information content (AvgIpc) is 3.17. The fraction of sp³-hybridized carbons (Fsp3) is 0.333. The second-order valence-corrected chi connectivity index (χ2v) is 7.29. The number of nitrogens with zero attached hydrogens (tertiary/aromatic N) is 2. The van der Waals surface area contributed by atoms with Crippen molar-refractivity contribution in [3.05, 3.63) is 54.2 Å². The van der Waals surface area contributed by atoms with Gasteiger partial charge >= 0.3 is 0 Å². The van der Waals surface area contributed by atoms with Crippen LogP contribution < -0.4 is 10.2 Å². The van der Waals surface area contributed by atoms with Crippen LogP contribution in [0.3, 0.4) is 0 Å². The molecule has 0 spiro atoms. The van der Waals surface area contributed by atoms with Gasteiger partial charge in [0, 0.05) is 36.5 Å². The van der Waals surface area contributed by atoms with Crippen molar-refractivity contribution >= 4 is 22.5 Å². The minimum absolute atomic E-state index is 0.180. The molecule has 2 aromatic rings. The Labute approximate surface area is 144 Å². The highest BCUT2D eigenvalue weighted by Crippen LogP contribution is 2.17. The quantitative estimate of drug-likeness (QED) is 0.874. The van der Waals surface area contributed by atoms with Crippen molar-refractivity contribution in [2.75, 3.05) is 30.3 Å². The first-order chi connectivity index (χ1) is 11.7. The van der Waals surface area contributed by atoms with Gasteiger partial charge in [0.2, 0.25) is 0 Å². The van der Waals surface area contributed by atoms with Crippen molar-refractivity contribution in [2.24, 2.45) is 0 Å². The smallest absolute Gasteiger partial charge is 0.252 e. The molecule has 1 fully saturated rings.